The molecule has 0 aromatic rings. The number of amides is 3. The van der Waals surface area contributed by atoms with E-state index >= 15 is 0 Å². The van der Waals surface area contributed by atoms with Crippen molar-refractivity contribution < 1.29 is 23.8 Å². The Bertz CT molecular complexity index is 581. The Morgan fingerprint density at radius 1 is 1.00 bits per heavy atom. The molecule has 3 unspecified atom stereocenters. The quantitative estimate of drug-likeness (QED) is 0.165. The minimum atomic E-state index is -0.0469. The maximum Gasteiger partial charge on any atom is 0.315 e. The molecule has 3 aliphatic heterocycles. The molecule has 3 aliphatic rings. The SMILES string of the molecule is O=C(CCCCC1SCC2NC(=O)NC21)NCCOCCOCCOCCN1CCNCC1. The molecule has 0 radical (unpaired) electrons. The molecule has 190 valence electrons. The van der Waals surface area contributed by atoms with E-state index in [1.54, 1.807) is 0 Å². The van der Waals surface area contributed by atoms with E-state index in [0.717, 1.165) is 64.3 Å². The van der Waals surface area contributed by atoms with Crippen molar-refractivity contribution in [3.8, 4) is 0 Å². The first kappa shape index (κ1) is 26.5. The van der Waals surface area contributed by atoms with Crippen molar-refractivity contribution in [2.45, 2.75) is 43.0 Å². The zero-order valence-electron chi connectivity index (χ0n) is 19.6. The van der Waals surface area contributed by atoms with Crippen molar-refractivity contribution in [2.75, 3.05) is 84.7 Å². The molecule has 3 heterocycles. The maximum absolute atomic E-state index is 11.9. The van der Waals surface area contributed by atoms with Gasteiger partial charge in [-0.05, 0) is 12.8 Å². The Morgan fingerprint density at radius 3 is 2.52 bits per heavy atom. The summed E-state index contributed by atoms with van der Waals surface area (Å²) in [6.07, 6.45) is 3.43. The van der Waals surface area contributed by atoms with Crippen LogP contribution in [0.15, 0.2) is 0 Å². The molecule has 3 fully saturated rings. The summed E-state index contributed by atoms with van der Waals surface area (Å²) in [5.41, 5.74) is 0. The molecule has 4 N–H and O–H groups in total. The van der Waals surface area contributed by atoms with Gasteiger partial charge in [0.2, 0.25) is 5.91 Å². The third-order valence-electron chi connectivity index (χ3n) is 6.15. The monoisotopic (exact) mass is 487 g/mol. The first-order valence-electron chi connectivity index (χ1n) is 12.3. The van der Waals surface area contributed by atoms with Crippen LogP contribution >= 0.6 is 11.8 Å². The Labute approximate surface area is 201 Å². The van der Waals surface area contributed by atoms with Crippen molar-refractivity contribution in [1.29, 1.82) is 0 Å². The zero-order valence-corrected chi connectivity index (χ0v) is 20.5. The van der Waals surface area contributed by atoms with Gasteiger partial charge in [-0.3, -0.25) is 9.69 Å². The van der Waals surface area contributed by atoms with Crippen molar-refractivity contribution in [3.63, 3.8) is 0 Å². The van der Waals surface area contributed by atoms with E-state index in [1.807, 2.05) is 11.8 Å². The molecule has 10 nitrogen and oxygen atoms in total. The first-order chi connectivity index (χ1) is 16.2. The number of unbranched alkanes of at least 4 members (excludes halogenated alkanes) is 1. The van der Waals surface area contributed by atoms with Gasteiger partial charge in [0.05, 0.1) is 51.7 Å². The number of nitrogens with one attached hydrogen (secondary N) is 4. The van der Waals surface area contributed by atoms with Gasteiger partial charge in [0.1, 0.15) is 0 Å². The summed E-state index contributed by atoms with van der Waals surface area (Å²) in [5.74, 6) is 1.05. The molecule has 3 atom stereocenters. The Morgan fingerprint density at radius 2 is 1.73 bits per heavy atom. The first-order valence-corrected chi connectivity index (χ1v) is 13.4. The lowest BCUT2D eigenvalue weighted by Crippen LogP contribution is -2.44. The third kappa shape index (κ3) is 10.4. The molecular weight excluding hydrogens is 446 g/mol. The van der Waals surface area contributed by atoms with Gasteiger partial charge in [0.25, 0.3) is 0 Å². The smallest absolute Gasteiger partial charge is 0.315 e. The van der Waals surface area contributed by atoms with Crippen LogP contribution in [0.2, 0.25) is 0 Å². The molecule has 11 heteroatoms. The highest BCUT2D eigenvalue weighted by atomic mass is 32.2. The van der Waals surface area contributed by atoms with Crippen molar-refractivity contribution >= 4 is 23.7 Å². The highest BCUT2D eigenvalue weighted by Gasteiger charge is 2.42. The van der Waals surface area contributed by atoms with Crippen LogP contribution in [0.3, 0.4) is 0 Å². The highest BCUT2D eigenvalue weighted by Crippen LogP contribution is 2.33. The summed E-state index contributed by atoms with van der Waals surface area (Å²) in [5, 5.41) is 12.7. The number of urea groups is 1. The van der Waals surface area contributed by atoms with Crippen LogP contribution < -0.4 is 21.3 Å². The number of rotatable bonds is 17. The molecule has 0 aromatic heterocycles. The largest absolute Gasteiger partial charge is 0.378 e. The number of hydrogen-bond donors (Lipinski definition) is 4. The molecule has 0 bridgehead atoms. The summed E-state index contributed by atoms with van der Waals surface area (Å²) in [6.45, 7) is 9.29. The summed E-state index contributed by atoms with van der Waals surface area (Å²) in [6, 6.07) is 0.462. The fraction of sp³-hybridized carbons (Fsp3) is 0.909. The number of nitrogens with zero attached hydrogens (tertiary/aromatic N) is 1. The number of thioether (sulfide) groups is 1. The van der Waals surface area contributed by atoms with E-state index in [-0.39, 0.29) is 24.0 Å². The van der Waals surface area contributed by atoms with Crippen molar-refractivity contribution in [3.05, 3.63) is 0 Å². The molecule has 0 aliphatic carbocycles. The fourth-order valence-corrected chi connectivity index (χ4v) is 5.84. The Hall–Kier alpha value is -1.11. The van der Waals surface area contributed by atoms with E-state index in [2.05, 4.69) is 26.2 Å². The second-order valence-corrected chi connectivity index (χ2v) is 9.92. The molecule has 3 rings (SSSR count). The molecule has 0 saturated carbocycles. The van der Waals surface area contributed by atoms with Gasteiger partial charge in [-0.2, -0.15) is 11.8 Å². The Kier molecular flexibility index (Phi) is 12.6. The van der Waals surface area contributed by atoms with Crippen LogP contribution in [0.1, 0.15) is 25.7 Å². The molecular formula is C22H41N5O5S. The van der Waals surface area contributed by atoms with Crippen LogP contribution in [-0.4, -0.2) is 119 Å². The van der Waals surface area contributed by atoms with Crippen molar-refractivity contribution in [2.24, 2.45) is 0 Å². The van der Waals surface area contributed by atoms with Crippen LogP contribution in [0.4, 0.5) is 4.79 Å². The molecule has 3 amide bonds. The number of fused-ring (bicyclic) bond motifs is 1. The van der Waals surface area contributed by atoms with E-state index in [4.69, 9.17) is 14.2 Å². The molecule has 33 heavy (non-hydrogen) atoms. The van der Waals surface area contributed by atoms with Crippen LogP contribution in [0, 0.1) is 0 Å². The van der Waals surface area contributed by atoms with Gasteiger partial charge in [0, 0.05) is 56.7 Å². The third-order valence-corrected chi connectivity index (χ3v) is 7.66. The van der Waals surface area contributed by atoms with Crippen molar-refractivity contribution in [1.82, 2.24) is 26.2 Å². The topological polar surface area (TPSA) is 113 Å². The number of carbonyl (C=O) groups excluding carboxylic acids is 2. The average molecular weight is 488 g/mol. The van der Waals surface area contributed by atoms with Gasteiger partial charge >= 0.3 is 6.03 Å². The summed E-state index contributed by atoms with van der Waals surface area (Å²) < 4.78 is 16.6. The number of piperazine rings is 1. The van der Waals surface area contributed by atoms with Gasteiger partial charge in [-0.1, -0.05) is 6.42 Å². The fourth-order valence-electron chi connectivity index (χ4n) is 4.30. The van der Waals surface area contributed by atoms with E-state index < -0.39 is 0 Å². The Balaban J connectivity index is 1.03. The molecule has 3 saturated heterocycles. The standard InChI is InChI=1S/C22H41N5O5S/c28-20(4-2-1-3-19-21-18(17-33-19)25-22(29)26-21)24-7-11-30-13-15-32-16-14-31-12-10-27-8-5-23-6-9-27/h18-19,21,23H,1-17H2,(H,24,28)(H2,25,26,29). The second kappa shape index (κ2) is 15.7. The van der Waals surface area contributed by atoms with Gasteiger partial charge < -0.3 is 35.5 Å². The number of hydrogen-bond acceptors (Lipinski definition) is 8. The van der Waals surface area contributed by atoms with E-state index in [0.29, 0.717) is 51.2 Å². The minimum absolute atomic E-state index is 0.0469. The predicted octanol–water partition coefficient (Wildman–Crippen LogP) is -0.217. The van der Waals surface area contributed by atoms with Crippen LogP contribution in [-0.2, 0) is 19.0 Å². The number of carbonyl (C=O) groups is 2. The van der Waals surface area contributed by atoms with Gasteiger partial charge in [0.15, 0.2) is 0 Å². The maximum atomic E-state index is 11.9. The summed E-state index contributed by atoms with van der Waals surface area (Å²) >= 11 is 1.91. The second-order valence-electron chi connectivity index (χ2n) is 8.65. The van der Waals surface area contributed by atoms with Crippen LogP contribution in [0.25, 0.3) is 0 Å². The van der Waals surface area contributed by atoms with E-state index in [9.17, 15) is 9.59 Å². The lowest BCUT2D eigenvalue weighted by Gasteiger charge is -2.26. The lowest BCUT2D eigenvalue weighted by atomic mass is 10.0. The highest BCUT2D eigenvalue weighted by molar-refractivity contribution is 8.00. The van der Waals surface area contributed by atoms with Gasteiger partial charge in [-0.15, -0.1) is 0 Å². The molecule has 0 spiro atoms. The average Bonchev–Trinajstić information content (AvgIpc) is 3.37. The predicted molar refractivity (Wildman–Crippen MR) is 129 cm³/mol. The molecule has 0 aromatic carbocycles. The number of ether oxygens (including phenoxy) is 3. The summed E-state index contributed by atoms with van der Waals surface area (Å²) in [7, 11) is 0. The summed E-state index contributed by atoms with van der Waals surface area (Å²) in [4.78, 5) is 25.8. The van der Waals surface area contributed by atoms with Gasteiger partial charge in [-0.25, -0.2) is 4.79 Å². The minimum Gasteiger partial charge on any atom is -0.378 e. The van der Waals surface area contributed by atoms with E-state index in [1.165, 1.54) is 0 Å². The zero-order chi connectivity index (χ0) is 23.1. The lowest BCUT2D eigenvalue weighted by molar-refractivity contribution is -0.121. The van der Waals surface area contributed by atoms with Crippen LogP contribution in [0.5, 0.6) is 0 Å². The normalized spacial score (nSPS) is 25.0.